The average Bonchev–Trinajstić information content (AvgIpc) is 2.65. The maximum Gasteiger partial charge on any atom is 0.248 e. The monoisotopic (exact) mass is 516 g/mol. The van der Waals surface area contributed by atoms with E-state index in [2.05, 4.69) is 15.6 Å². The van der Waals surface area contributed by atoms with E-state index in [4.69, 9.17) is 5.73 Å². The Balaban J connectivity index is 0.00000392. The highest BCUT2D eigenvalue weighted by molar-refractivity contribution is 14.0. The molecule has 0 aliphatic heterocycles. The minimum absolute atomic E-state index is 0. The fourth-order valence-electron chi connectivity index (χ4n) is 2.57. The van der Waals surface area contributed by atoms with Gasteiger partial charge in [-0.3, -0.25) is 4.79 Å². The third-order valence-electron chi connectivity index (χ3n) is 3.89. The number of nitrogens with one attached hydrogen (secondary N) is 2. The molecule has 0 aromatic heterocycles. The number of nitrogens with zero attached hydrogens (tertiary/aromatic N) is 1. The van der Waals surface area contributed by atoms with Crippen LogP contribution in [0, 0.1) is 5.82 Å². The first-order chi connectivity index (χ1) is 13.0. The molecule has 5 nitrogen and oxygen atoms in total. The lowest BCUT2D eigenvalue weighted by molar-refractivity contribution is 0.1000. The number of guanidine groups is 1. The fourth-order valence-corrected chi connectivity index (χ4v) is 3.15. The van der Waals surface area contributed by atoms with E-state index >= 15 is 0 Å². The molecule has 0 fully saturated rings. The maximum atomic E-state index is 13.5. The topological polar surface area (TPSA) is 79.5 Å². The van der Waals surface area contributed by atoms with Crippen LogP contribution in [0.5, 0.6) is 0 Å². The summed E-state index contributed by atoms with van der Waals surface area (Å²) in [6.45, 7) is 3.66. The molecule has 0 spiro atoms. The second kappa shape index (κ2) is 12.6. The van der Waals surface area contributed by atoms with Gasteiger partial charge in [0.05, 0.1) is 6.54 Å². The molecule has 4 N–H and O–H groups in total. The van der Waals surface area contributed by atoms with Crippen LogP contribution in [0.15, 0.2) is 47.5 Å². The van der Waals surface area contributed by atoms with Crippen LogP contribution in [0.25, 0.3) is 0 Å². The molecular formula is C20H26FIN4OS. The smallest absolute Gasteiger partial charge is 0.248 e. The summed E-state index contributed by atoms with van der Waals surface area (Å²) in [7, 11) is 0. The minimum atomic E-state index is -0.455. The van der Waals surface area contributed by atoms with Crippen molar-refractivity contribution in [3.63, 3.8) is 0 Å². The van der Waals surface area contributed by atoms with Gasteiger partial charge in [-0.25, -0.2) is 9.38 Å². The van der Waals surface area contributed by atoms with Gasteiger partial charge in [0.15, 0.2) is 5.96 Å². The Morgan fingerprint density at radius 3 is 2.64 bits per heavy atom. The quantitative estimate of drug-likeness (QED) is 0.284. The molecule has 0 heterocycles. The summed E-state index contributed by atoms with van der Waals surface area (Å²) in [5.41, 5.74) is 8.69. The van der Waals surface area contributed by atoms with Crippen molar-refractivity contribution in [2.45, 2.75) is 25.8 Å². The summed E-state index contributed by atoms with van der Waals surface area (Å²) in [4.78, 5) is 15.9. The van der Waals surface area contributed by atoms with E-state index in [1.165, 1.54) is 6.07 Å². The summed E-state index contributed by atoms with van der Waals surface area (Å²) in [6, 6.07) is 12.0. The molecule has 0 bridgehead atoms. The predicted molar refractivity (Wildman–Crippen MR) is 126 cm³/mol. The van der Waals surface area contributed by atoms with Crippen molar-refractivity contribution < 1.29 is 9.18 Å². The molecule has 0 aliphatic carbocycles. The number of hydrogen-bond acceptors (Lipinski definition) is 3. The Morgan fingerprint density at radius 1 is 1.18 bits per heavy atom. The molecule has 1 amide bonds. The zero-order valence-corrected chi connectivity index (χ0v) is 19.1. The van der Waals surface area contributed by atoms with Gasteiger partial charge in [-0.05, 0) is 54.1 Å². The van der Waals surface area contributed by atoms with E-state index in [1.807, 2.05) is 19.2 Å². The van der Waals surface area contributed by atoms with Crippen LogP contribution in [0.3, 0.4) is 0 Å². The lowest BCUT2D eigenvalue weighted by Crippen LogP contribution is -2.37. The van der Waals surface area contributed by atoms with Gasteiger partial charge >= 0.3 is 0 Å². The molecule has 2 aromatic rings. The van der Waals surface area contributed by atoms with Crippen molar-refractivity contribution in [1.29, 1.82) is 0 Å². The van der Waals surface area contributed by atoms with Crippen LogP contribution in [0.2, 0.25) is 0 Å². The summed E-state index contributed by atoms with van der Waals surface area (Å²) in [6.07, 6.45) is 1.99. The number of carbonyl (C=O) groups excluding carboxylic acids is 1. The molecule has 0 aliphatic rings. The van der Waals surface area contributed by atoms with E-state index in [0.29, 0.717) is 31.2 Å². The highest BCUT2D eigenvalue weighted by Gasteiger charge is 2.06. The van der Waals surface area contributed by atoms with Crippen LogP contribution < -0.4 is 16.4 Å². The van der Waals surface area contributed by atoms with Crippen LogP contribution in [-0.2, 0) is 18.8 Å². The van der Waals surface area contributed by atoms with Gasteiger partial charge in [0.25, 0.3) is 0 Å². The number of rotatable bonds is 8. The molecule has 28 heavy (non-hydrogen) atoms. The third kappa shape index (κ3) is 7.67. The summed E-state index contributed by atoms with van der Waals surface area (Å²) in [5.74, 6) is 0.727. The number of nitrogens with two attached hydrogens (primary N) is 1. The van der Waals surface area contributed by atoms with E-state index in [9.17, 15) is 9.18 Å². The fraction of sp³-hybridized carbons (Fsp3) is 0.300. The first kappa shape index (κ1) is 24.2. The molecule has 0 saturated heterocycles. The van der Waals surface area contributed by atoms with E-state index in [-0.39, 0.29) is 29.8 Å². The van der Waals surface area contributed by atoms with Crippen molar-refractivity contribution in [3.05, 3.63) is 70.5 Å². The molecule has 2 rings (SSSR count). The van der Waals surface area contributed by atoms with Crippen molar-refractivity contribution in [2.24, 2.45) is 10.7 Å². The first-order valence-corrected chi connectivity index (χ1v) is 10.1. The number of benzene rings is 2. The normalized spacial score (nSPS) is 10.9. The van der Waals surface area contributed by atoms with Gasteiger partial charge in [-0.2, -0.15) is 11.8 Å². The van der Waals surface area contributed by atoms with Crippen molar-refractivity contribution in [3.8, 4) is 0 Å². The molecule has 0 radical (unpaired) electrons. The number of halogens is 2. The minimum Gasteiger partial charge on any atom is -0.366 e. The summed E-state index contributed by atoms with van der Waals surface area (Å²) >= 11 is 1.66. The number of carbonyl (C=O) groups is 1. The number of aliphatic imine (C=N–C) groups is 1. The Labute approximate surface area is 186 Å². The first-order valence-electron chi connectivity index (χ1n) is 8.70. The van der Waals surface area contributed by atoms with E-state index in [1.54, 1.807) is 42.1 Å². The van der Waals surface area contributed by atoms with Crippen LogP contribution >= 0.6 is 35.7 Å². The predicted octanol–water partition coefficient (Wildman–Crippen LogP) is 3.66. The van der Waals surface area contributed by atoms with Crippen LogP contribution in [0.1, 0.15) is 34.0 Å². The summed E-state index contributed by atoms with van der Waals surface area (Å²) < 4.78 is 13.5. The molecule has 2 aromatic carbocycles. The average molecular weight is 516 g/mol. The van der Waals surface area contributed by atoms with Gasteiger partial charge in [0.1, 0.15) is 5.82 Å². The van der Waals surface area contributed by atoms with Gasteiger partial charge in [-0.1, -0.05) is 18.2 Å². The zero-order valence-electron chi connectivity index (χ0n) is 16.0. The number of hydrogen-bond donors (Lipinski definition) is 3. The second-order valence-electron chi connectivity index (χ2n) is 5.96. The Morgan fingerprint density at radius 2 is 1.96 bits per heavy atom. The highest BCUT2D eigenvalue weighted by atomic mass is 127. The van der Waals surface area contributed by atoms with Crippen molar-refractivity contribution in [1.82, 2.24) is 10.6 Å². The van der Waals surface area contributed by atoms with Crippen molar-refractivity contribution in [2.75, 3.05) is 12.8 Å². The Bertz CT molecular complexity index is 817. The molecule has 0 saturated carbocycles. The molecule has 0 atom stereocenters. The molecule has 8 heteroatoms. The van der Waals surface area contributed by atoms with Crippen LogP contribution in [0.4, 0.5) is 4.39 Å². The standard InChI is InChI=1S/C20H25FN4OS.HI/c1-3-23-20(24-11-14-5-4-6-15(9-14)19(22)26)25-12-16-7-8-18(21)10-17(16)13-27-2;/h4-10H,3,11-13H2,1-2H3,(H2,22,26)(H2,23,24,25);1H. The molecular weight excluding hydrogens is 490 g/mol. The number of amides is 1. The summed E-state index contributed by atoms with van der Waals surface area (Å²) in [5, 5.41) is 6.47. The van der Waals surface area contributed by atoms with E-state index < -0.39 is 5.91 Å². The zero-order chi connectivity index (χ0) is 19.6. The third-order valence-corrected chi connectivity index (χ3v) is 4.49. The second-order valence-corrected chi connectivity index (χ2v) is 6.83. The molecule has 0 unspecified atom stereocenters. The van der Waals surface area contributed by atoms with Gasteiger partial charge in [0.2, 0.25) is 5.91 Å². The Kier molecular flexibility index (Phi) is 10.9. The van der Waals surface area contributed by atoms with E-state index in [0.717, 1.165) is 22.4 Å². The lowest BCUT2D eigenvalue weighted by atomic mass is 10.1. The molecule has 152 valence electrons. The maximum absolute atomic E-state index is 13.5. The van der Waals surface area contributed by atoms with Gasteiger partial charge in [-0.15, -0.1) is 24.0 Å². The van der Waals surface area contributed by atoms with Crippen LogP contribution in [-0.4, -0.2) is 24.7 Å². The largest absolute Gasteiger partial charge is 0.366 e. The SMILES string of the molecule is CCNC(=NCc1cccc(C(N)=O)c1)NCc1ccc(F)cc1CSC.I. The number of primary amides is 1. The van der Waals surface area contributed by atoms with Crippen molar-refractivity contribution >= 4 is 47.6 Å². The Hall–Kier alpha value is -1.81. The highest BCUT2D eigenvalue weighted by Crippen LogP contribution is 2.16. The van der Waals surface area contributed by atoms with Gasteiger partial charge < -0.3 is 16.4 Å². The number of thioether (sulfide) groups is 1. The van der Waals surface area contributed by atoms with Gasteiger partial charge in [0, 0.05) is 24.4 Å². The lowest BCUT2D eigenvalue weighted by Gasteiger charge is -2.14.